The van der Waals surface area contributed by atoms with Gasteiger partial charge in [-0.05, 0) is 36.9 Å². The standard InChI is InChI=1S/C20H27N3O3/c1-21-19(25)17-10-26-20(11-22(17)2)12-23(13-20)18(24)9-14-7-15-5-3-4-6-16(15)8-14/h3-6,14,17H,7-13H2,1-2H3,(H,21,25)/t17-/m1/s1. The number of likely N-dealkylation sites (N-methyl/N-ethyl adjacent to an activating group) is 2. The van der Waals surface area contributed by atoms with Crippen molar-refractivity contribution in [2.45, 2.75) is 30.9 Å². The van der Waals surface area contributed by atoms with Gasteiger partial charge in [-0.3, -0.25) is 14.5 Å². The summed E-state index contributed by atoms with van der Waals surface area (Å²) in [6.45, 7) is 2.34. The van der Waals surface area contributed by atoms with Crippen LogP contribution in [0.25, 0.3) is 0 Å². The van der Waals surface area contributed by atoms with E-state index in [9.17, 15) is 9.59 Å². The normalized spacial score (nSPS) is 25.0. The molecule has 26 heavy (non-hydrogen) atoms. The van der Waals surface area contributed by atoms with E-state index in [1.54, 1.807) is 7.05 Å². The highest BCUT2D eigenvalue weighted by Crippen LogP contribution is 2.33. The summed E-state index contributed by atoms with van der Waals surface area (Å²) >= 11 is 0. The van der Waals surface area contributed by atoms with Crippen LogP contribution < -0.4 is 5.32 Å². The van der Waals surface area contributed by atoms with Crippen LogP contribution >= 0.6 is 0 Å². The van der Waals surface area contributed by atoms with E-state index in [4.69, 9.17) is 4.74 Å². The molecule has 0 aromatic heterocycles. The van der Waals surface area contributed by atoms with Crippen molar-refractivity contribution in [1.29, 1.82) is 0 Å². The van der Waals surface area contributed by atoms with E-state index in [1.807, 2.05) is 16.8 Å². The second-order valence-corrected chi connectivity index (χ2v) is 8.04. The second-order valence-electron chi connectivity index (χ2n) is 8.04. The van der Waals surface area contributed by atoms with E-state index in [-0.39, 0.29) is 23.5 Å². The van der Waals surface area contributed by atoms with Crippen molar-refractivity contribution in [1.82, 2.24) is 15.1 Å². The third-order valence-electron chi connectivity index (χ3n) is 6.08. The van der Waals surface area contributed by atoms with Crippen LogP contribution in [0.2, 0.25) is 0 Å². The lowest BCUT2D eigenvalue weighted by Crippen LogP contribution is -2.73. The summed E-state index contributed by atoms with van der Waals surface area (Å²) in [6.07, 6.45) is 2.63. The van der Waals surface area contributed by atoms with Crippen molar-refractivity contribution in [2.24, 2.45) is 5.92 Å². The van der Waals surface area contributed by atoms with Crippen molar-refractivity contribution in [2.75, 3.05) is 40.3 Å². The molecule has 2 saturated heterocycles. The number of rotatable bonds is 3. The summed E-state index contributed by atoms with van der Waals surface area (Å²) in [4.78, 5) is 28.5. The van der Waals surface area contributed by atoms with Crippen LogP contribution in [0.1, 0.15) is 17.5 Å². The molecule has 140 valence electrons. The molecule has 2 fully saturated rings. The first kappa shape index (κ1) is 17.5. The second kappa shape index (κ2) is 6.67. The van der Waals surface area contributed by atoms with Gasteiger partial charge in [-0.2, -0.15) is 0 Å². The number of likely N-dealkylation sites (tertiary alicyclic amines) is 1. The van der Waals surface area contributed by atoms with Gasteiger partial charge >= 0.3 is 0 Å². The third-order valence-corrected chi connectivity index (χ3v) is 6.08. The van der Waals surface area contributed by atoms with Gasteiger partial charge in [0.2, 0.25) is 11.8 Å². The highest BCUT2D eigenvalue weighted by molar-refractivity contribution is 5.82. The Bertz CT molecular complexity index is 689. The first-order chi connectivity index (χ1) is 12.5. The molecule has 1 N–H and O–H groups in total. The molecule has 1 aliphatic carbocycles. The number of carbonyl (C=O) groups is 2. The summed E-state index contributed by atoms with van der Waals surface area (Å²) in [5.74, 6) is 0.632. The molecule has 1 aromatic carbocycles. The first-order valence-electron chi connectivity index (χ1n) is 9.40. The van der Waals surface area contributed by atoms with Gasteiger partial charge in [0, 0.05) is 20.0 Å². The summed E-state index contributed by atoms with van der Waals surface area (Å²) in [7, 11) is 3.59. The van der Waals surface area contributed by atoms with E-state index in [2.05, 4.69) is 29.6 Å². The van der Waals surface area contributed by atoms with Crippen LogP contribution in [0, 0.1) is 5.92 Å². The number of nitrogens with one attached hydrogen (secondary N) is 1. The lowest BCUT2D eigenvalue weighted by atomic mass is 9.89. The molecule has 6 nitrogen and oxygen atoms in total. The maximum Gasteiger partial charge on any atom is 0.239 e. The minimum Gasteiger partial charge on any atom is -0.368 e. The Kier molecular flexibility index (Phi) is 4.49. The van der Waals surface area contributed by atoms with Crippen molar-refractivity contribution < 1.29 is 14.3 Å². The topological polar surface area (TPSA) is 61.9 Å². The van der Waals surface area contributed by atoms with Crippen LogP contribution in [0.3, 0.4) is 0 Å². The zero-order chi connectivity index (χ0) is 18.3. The quantitative estimate of drug-likeness (QED) is 0.853. The molecule has 0 saturated carbocycles. The number of benzene rings is 1. The maximum atomic E-state index is 12.7. The van der Waals surface area contributed by atoms with E-state index in [1.165, 1.54) is 11.1 Å². The Labute approximate surface area is 154 Å². The van der Waals surface area contributed by atoms with Crippen molar-refractivity contribution in [3.8, 4) is 0 Å². The van der Waals surface area contributed by atoms with Gasteiger partial charge in [0.25, 0.3) is 0 Å². The number of nitrogens with zero attached hydrogens (tertiary/aromatic N) is 2. The number of fused-ring (bicyclic) bond motifs is 1. The molecule has 3 aliphatic rings. The molecular weight excluding hydrogens is 330 g/mol. The molecule has 1 atom stereocenters. The van der Waals surface area contributed by atoms with Crippen LogP contribution in [0.5, 0.6) is 0 Å². The molecule has 1 aromatic rings. The van der Waals surface area contributed by atoms with Gasteiger partial charge in [-0.1, -0.05) is 24.3 Å². The minimum absolute atomic E-state index is 0.0181. The Morgan fingerprint density at radius 2 is 1.85 bits per heavy atom. The van der Waals surface area contributed by atoms with E-state index in [0.717, 1.165) is 12.8 Å². The highest BCUT2D eigenvalue weighted by atomic mass is 16.5. The van der Waals surface area contributed by atoms with E-state index in [0.29, 0.717) is 38.6 Å². The Balaban J connectivity index is 1.27. The van der Waals surface area contributed by atoms with Crippen molar-refractivity contribution >= 4 is 11.8 Å². The highest BCUT2D eigenvalue weighted by Gasteiger charge is 2.51. The van der Waals surface area contributed by atoms with Crippen LogP contribution in [-0.2, 0) is 27.2 Å². The van der Waals surface area contributed by atoms with Gasteiger partial charge in [0.15, 0.2) is 0 Å². The van der Waals surface area contributed by atoms with Crippen LogP contribution in [0.15, 0.2) is 24.3 Å². The predicted octanol–water partition coefficient (Wildman–Crippen LogP) is 0.449. The maximum absolute atomic E-state index is 12.7. The van der Waals surface area contributed by atoms with Gasteiger partial charge in [0.1, 0.15) is 11.6 Å². The molecule has 6 heteroatoms. The molecule has 4 rings (SSSR count). The number of hydrogen-bond acceptors (Lipinski definition) is 4. The third kappa shape index (κ3) is 3.12. The minimum atomic E-state index is -0.298. The smallest absolute Gasteiger partial charge is 0.239 e. The number of ether oxygens (including phenoxy) is 1. The Hall–Kier alpha value is -1.92. The predicted molar refractivity (Wildman–Crippen MR) is 97.7 cm³/mol. The van der Waals surface area contributed by atoms with Crippen LogP contribution in [0.4, 0.5) is 0 Å². The van der Waals surface area contributed by atoms with E-state index < -0.39 is 0 Å². The fourth-order valence-corrected chi connectivity index (χ4v) is 4.62. The van der Waals surface area contributed by atoms with Gasteiger partial charge < -0.3 is 15.0 Å². The average Bonchev–Trinajstić information content (AvgIpc) is 3.00. The Morgan fingerprint density at radius 1 is 1.19 bits per heavy atom. The van der Waals surface area contributed by atoms with Gasteiger partial charge in [0.05, 0.1) is 19.7 Å². The molecule has 0 bridgehead atoms. The molecular formula is C20H27N3O3. The van der Waals surface area contributed by atoms with Gasteiger partial charge in [-0.25, -0.2) is 0 Å². The van der Waals surface area contributed by atoms with Crippen molar-refractivity contribution in [3.05, 3.63) is 35.4 Å². The average molecular weight is 357 g/mol. The number of amides is 2. The lowest BCUT2D eigenvalue weighted by Gasteiger charge is -2.54. The zero-order valence-corrected chi connectivity index (χ0v) is 15.5. The molecule has 2 heterocycles. The molecule has 0 unspecified atom stereocenters. The monoisotopic (exact) mass is 357 g/mol. The fraction of sp³-hybridized carbons (Fsp3) is 0.600. The number of carbonyl (C=O) groups excluding carboxylic acids is 2. The zero-order valence-electron chi connectivity index (χ0n) is 15.5. The first-order valence-corrected chi connectivity index (χ1v) is 9.40. The lowest BCUT2D eigenvalue weighted by molar-refractivity contribution is -0.201. The van der Waals surface area contributed by atoms with Gasteiger partial charge in [-0.15, -0.1) is 0 Å². The molecule has 0 radical (unpaired) electrons. The molecule has 2 aliphatic heterocycles. The summed E-state index contributed by atoms with van der Waals surface area (Å²) < 4.78 is 6.01. The SMILES string of the molecule is CNC(=O)[C@H]1COC2(CN(C(=O)CC3Cc4ccccc4C3)C2)CN1C. The van der Waals surface area contributed by atoms with Crippen LogP contribution in [-0.4, -0.2) is 73.6 Å². The fourth-order valence-electron chi connectivity index (χ4n) is 4.62. The van der Waals surface area contributed by atoms with E-state index >= 15 is 0 Å². The number of hydrogen-bond donors (Lipinski definition) is 1. The molecule has 1 spiro atoms. The van der Waals surface area contributed by atoms with Crippen molar-refractivity contribution in [3.63, 3.8) is 0 Å². The summed E-state index contributed by atoms with van der Waals surface area (Å²) in [6, 6.07) is 8.25. The Morgan fingerprint density at radius 3 is 2.42 bits per heavy atom. The number of morpholine rings is 1. The summed E-state index contributed by atoms with van der Waals surface area (Å²) in [5.41, 5.74) is 2.49. The molecule has 2 amide bonds. The summed E-state index contributed by atoms with van der Waals surface area (Å²) in [5, 5.41) is 2.68. The largest absolute Gasteiger partial charge is 0.368 e.